The normalized spacial score (nSPS) is 27.2. The Morgan fingerprint density at radius 1 is 1.00 bits per heavy atom. The van der Waals surface area contributed by atoms with Crippen LogP contribution in [-0.2, 0) is 23.7 Å². The maximum atomic E-state index is 5.51. The van der Waals surface area contributed by atoms with Crippen molar-refractivity contribution in [3.63, 3.8) is 0 Å². The van der Waals surface area contributed by atoms with Gasteiger partial charge >= 0.3 is 0 Å². The van der Waals surface area contributed by atoms with E-state index in [0.29, 0.717) is 0 Å². The van der Waals surface area contributed by atoms with Crippen LogP contribution in [0.3, 0.4) is 0 Å². The summed E-state index contributed by atoms with van der Waals surface area (Å²) in [6, 6.07) is 0. The maximum absolute atomic E-state index is 5.51. The SMILES string of the molecule is C#CCO[C@@H]1C=C[C@@H](OCOC)[C@H]1OCOC. The lowest BCUT2D eigenvalue weighted by molar-refractivity contribution is -0.164. The van der Waals surface area contributed by atoms with E-state index < -0.39 is 0 Å². The van der Waals surface area contributed by atoms with Gasteiger partial charge in [0.2, 0.25) is 0 Å². The number of rotatable bonds is 8. The van der Waals surface area contributed by atoms with Crippen molar-refractivity contribution < 1.29 is 23.7 Å². The summed E-state index contributed by atoms with van der Waals surface area (Å²) in [5, 5.41) is 0. The highest BCUT2D eigenvalue weighted by atomic mass is 16.7. The zero-order valence-corrected chi connectivity index (χ0v) is 10.1. The molecule has 0 bridgehead atoms. The number of methoxy groups -OCH3 is 2. The van der Waals surface area contributed by atoms with Crippen LogP contribution in [0.2, 0.25) is 0 Å². The highest BCUT2D eigenvalue weighted by Crippen LogP contribution is 2.21. The lowest BCUT2D eigenvalue weighted by atomic mass is 10.2. The Labute approximate surface area is 102 Å². The van der Waals surface area contributed by atoms with Gasteiger partial charge in [0.1, 0.15) is 38.5 Å². The largest absolute Gasteiger partial charge is 0.359 e. The van der Waals surface area contributed by atoms with Crippen LogP contribution in [0.25, 0.3) is 0 Å². The molecular weight excluding hydrogens is 224 g/mol. The van der Waals surface area contributed by atoms with Crippen LogP contribution in [0.15, 0.2) is 12.2 Å². The average Bonchev–Trinajstić information content (AvgIpc) is 2.73. The Kier molecular flexibility index (Phi) is 6.86. The van der Waals surface area contributed by atoms with Crippen LogP contribution >= 0.6 is 0 Å². The molecule has 5 nitrogen and oxygen atoms in total. The van der Waals surface area contributed by atoms with Gasteiger partial charge in [-0.05, 0) is 0 Å². The fraction of sp³-hybridized carbons (Fsp3) is 0.667. The van der Waals surface area contributed by atoms with Gasteiger partial charge in [-0.25, -0.2) is 0 Å². The van der Waals surface area contributed by atoms with Crippen molar-refractivity contribution in [3.8, 4) is 12.3 Å². The molecule has 1 aliphatic carbocycles. The number of ether oxygens (including phenoxy) is 5. The van der Waals surface area contributed by atoms with Crippen LogP contribution in [-0.4, -0.2) is 52.7 Å². The highest BCUT2D eigenvalue weighted by molar-refractivity contribution is 5.11. The predicted octanol–water partition coefficient (Wildman–Crippen LogP) is 0.553. The summed E-state index contributed by atoms with van der Waals surface area (Å²) < 4.78 is 26.1. The summed E-state index contributed by atoms with van der Waals surface area (Å²) in [5.41, 5.74) is 0. The van der Waals surface area contributed by atoms with Gasteiger partial charge in [-0.2, -0.15) is 0 Å². The van der Waals surface area contributed by atoms with Crippen LogP contribution in [0.4, 0.5) is 0 Å². The molecule has 17 heavy (non-hydrogen) atoms. The quantitative estimate of drug-likeness (QED) is 0.353. The molecule has 0 saturated carbocycles. The van der Waals surface area contributed by atoms with Gasteiger partial charge in [-0.15, -0.1) is 6.42 Å². The number of terminal acetylenes is 1. The molecule has 96 valence electrons. The van der Waals surface area contributed by atoms with Gasteiger partial charge in [0, 0.05) is 14.2 Å². The minimum absolute atomic E-state index is 0.176. The Bertz CT molecular complexity index is 271. The lowest BCUT2D eigenvalue weighted by Gasteiger charge is -2.24. The molecule has 3 atom stereocenters. The zero-order chi connectivity index (χ0) is 12.5. The molecule has 0 amide bonds. The smallest absolute Gasteiger partial charge is 0.147 e. The van der Waals surface area contributed by atoms with Crippen LogP contribution in [0.5, 0.6) is 0 Å². The molecule has 5 heteroatoms. The first-order valence-corrected chi connectivity index (χ1v) is 5.28. The molecule has 1 rings (SSSR count). The summed E-state index contributed by atoms with van der Waals surface area (Å²) in [6.07, 6.45) is 8.20. The summed E-state index contributed by atoms with van der Waals surface area (Å²) in [7, 11) is 3.13. The van der Waals surface area contributed by atoms with E-state index in [1.54, 1.807) is 14.2 Å². The minimum Gasteiger partial charge on any atom is -0.359 e. The number of hydrogen-bond donors (Lipinski definition) is 0. The van der Waals surface area contributed by atoms with Crippen molar-refractivity contribution in [3.05, 3.63) is 12.2 Å². The van der Waals surface area contributed by atoms with E-state index >= 15 is 0 Å². The average molecular weight is 242 g/mol. The second-order valence-electron chi connectivity index (χ2n) is 3.44. The highest BCUT2D eigenvalue weighted by Gasteiger charge is 2.34. The van der Waals surface area contributed by atoms with Gasteiger partial charge in [0.15, 0.2) is 0 Å². The standard InChI is InChI=1S/C12H18O5/c1-4-7-15-10-5-6-11(16-8-13-2)12(10)17-9-14-3/h1,5-6,10-12H,7-9H2,2-3H3/t10-,11-,12+/m1/s1. The molecule has 0 aromatic rings. The van der Waals surface area contributed by atoms with Crippen molar-refractivity contribution >= 4 is 0 Å². The fourth-order valence-electron chi connectivity index (χ4n) is 1.55. The molecule has 0 aliphatic heterocycles. The Morgan fingerprint density at radius 3 is 2.18 bits per heavy atom. The van der Waals surface area contributed by atoms with Crippen molar-refractivity contribution in [2.24, 2.45) is 0 Å². The number of hydrogen-bond acceptors (Lipinski definition) is 5. The van der Waals surface area contributed by atoms with Gasteiger partial charge in [0.05, 0.1) is 0 Å². The van der Waals surface area contributed by atoms with Crippen molar-refractivity contribution in [2.45, 2.75) is 18.3 Å². The second-order valence-corrected chi connectivity index (χ2v) is 3.44. The summed E-state index contributed by atoms with van der Waals surface area (Å²) in [4.78, 5) is 0. The minimum atomic E-state index is -0.265. The van der Waals surface area contributed by atoms with E-state index in [0.717, 1.165) is 0 Å². The Hall–Kier alpha value is -0.900. The predicted molar refractivity (Wildman–Crippen MR) is 61.2 cm³/mol. The molecule has 0 fully saturated rings. The van der Waals surface area contributed by atoms with E-state index in [9.17, 15) is 0 Å². The first kappa shape index (κ1) is 14.2. The topological polar surface area (TPSA) is 46.2 Å². The second kappa shape index (κ2) is 8.23. The van der Waals surface area contributed by atoms with E-state index in [4.69, 9.17) is 30.1 Å². The summed E-state index contributed by atoms with van der Waals surface area (Å²) >= 11 is 0. The molecule has 0 aromatic carbocycles. The molecular formula is C12H18O5. The van der Waals surface area contributed by atoms with Crippen molar-refractivity contribution in [2.75, 3.05) is 34.4 Å². The summed E-state index contributed by atoms with van der Waals surface area (Å²) in [6.45, 7) is 0.609. The van der Waals surface area contributed by atoms with Gasteiger partial charge in [-0.3, -0.25) is 0 Å². The molecule has 0 N–H and O–H groups in total. The molecule has 0 saturated heterocycles. The molecule has 0 radical (unpaired) electrons. The Balaban J connectivity index is 2.48. The molecule has 0 spiro atoms. The fourth-order valence-corrected chi connectivity index (χ4v) is 1.55. The van der Waals surface area contributed by atoms with E-state index in [1.807, 2.05) is 12.2 Å². The maximum Gasteiger partial charge on any atom is 0.147 e. The van der Waals surface area contributed by atoms with Gasteiger partial charge in [0.25, 0.3) is 0 Å². The third-order valence-corrected chi connectivity index (χ3v) is 2.25. The first-order valence-electron chi connectivity index (χ1n) is 5.28. The molecule has 0 aromatic heterocycles. The van der Waals surface area contributed by atoms with E-state index in [1.165, 1.54) is 0 Å². The van der Waals surface area contributed by atoms with E-state index in [2.05, 4.69) is 5.92 Å². The lowest BCUT2D eigenvalue weighted by Crippen LogP contribution is -2.37. The summed E-state index contributed by atoms with van der Waals surface area (Å²) in [5.74, 6) is 2.42. The Morgan fingerprint density at radius 2 is 1.59 bits per heavy atom. The van der Waals surface area contributed by atoms with Crippen molar-refractivity contribution in [1.82, 2.24) is 0 Å². The first-order chi connectivity index (χ1) is 8.33. The van der Waals surface area contributed by atoms with Gasteiger partial charge < -0.3 is 23.7 Å². The molecule has 1 aliphatic rings. The molecule has 0 heterocycles. The van der Waals surface area contributed by atoms with Gasteiger partial charge in [-0.1, -0.05) is 18.1 Å². The monoisotopic (exact) mass is 242 g/mol. The zero-order valence-electron chi connectivity index (χ0n) is 10.1. The molecule has 0 unspecified atom stereocenters. The van der Waals surface area contributed by atoms with Crippen LogP contribution in [0, 0.1) is 12.3 Å². The third-order valence-electron chi connectivity index (χ3n) is 2.25. The third kappa shape index (κ3) is 4.46. The van der Waals surface area contributed by atoms with Crippen molar-refractivity contribution in [1.29, 1.82) is 0 Å². The van der Waals surface area contributed by atoms with Crippen LogP contribution in [0.1, 0.15) is 0 Å². The van der Waals surface area contributed by atoms with Crippen LogP contribution < -0.4 is 0 Å². The van der Waals surface area contributed by atoms with E-state index in [-0.39, 0.29) is 38.5 Å².